The standard InChI is InChI=1S/C34H21N3S6.C2H2/c1-19(27-6-4-23(17-36)38-27)12-25-13-20(2)33(40-25)31-10-8-29(42-31)30-9-11-32(43-30)34-21(3)14-26(41-34)15-22(16-35)28-7-5-24(18-37)39-28;1-2/h4-15H,1-3H3;1-2H/b19-12+,22-15+;. The molecule has 0 spiro atoms. The maximum atomic E-state index is 9.75. The molecule has 45 heavy (non-hydrogen) atoms. The molecule has 0 unspecified atom stereocenters. The molecule has 6 aromatic heterocycles. The number of terminal acetylenes is 1. The molecule has 9 heteroatoms. The molecular weight excluding hydrogens is 667 g/mol. The Balaban J connectivity index is 0.00000196. The van der Waals surface area contributed by atoms with E-state index >= 15 is 0 Å². The van der Waals surface area contributed by atoms with Gasteiger partial charge in [-0.15, -0.1) is 80.9 Å². The van der Waals surface area contributed by atoms with Gasteiger partial charge in [-0.1, -0.05) is 0 Å². The highest BCUT2D eigenvalue weighted by atomic mass is 32.1. The van der Waals surface area contributed by atoms with Gasteiger partial charge in [0.25, 0.3) is 0 Å². The smallest absolute Gasteiger partial charge is 0.110 e. The van der Waals surface area contributed by atoms with E-state index in [1.54, 1.807) is 40.1 Å². The third kappa shape index (κ3) is 7.02. The van der Waals surface area contributed by atoms with Crippen molar-refractivity contribution in [1.82, 2.24) is 0 Å². The molecule has 6 aromatic rings. The molecule has 218 valence electrons. The molecule has 0 saturated heterocycles. The third-order valence-electron chi connectivity index (χ3n) is 6.63. The Labute approximate surface area is 287 Å². The monoisotopic (exact) mass is 689 g/mol. The first-order chi connectivity index (χ1) is 21.8. The molecule has 0 aliphatic heterocycles. The van der Waals surface area contributed by atoms with Crippen molar-refractivity contribution in [1.29, 1.82) is 15.8 Å². The molecule has 0 amide bonds. The number of allylic oxidation sites excluding steroid dienone is 2. The second-order valence-electron chi connectivity index (χ2n) is 9.70. The van der Waals surface area contributed by atoms with Crippen molar-refractivity contribution in [2.75, 3.05) is 0 Å². The van der Waals surface area contributed by atoms with E-state index < -0.39 is 0 Å². The minimum absolute atomic E-state index is 0.578. The van der Waals surface area contributed by atoms with E-state index in [1.807, 2.05) is 35.6 Å². The lowest BCUT2D eigenvalue weighted by molar-refractivity contribution is 1.52. The van der Waals surface area contributed by atoms with E-state index in [9.17, 15) is 5.26 Å². The number of hydrogen-bond donors (Lipinski definition) is 0. The van der Waals surface area contributed by atoms with E-state index in [4.69, 9.17) is 10.5 Å². The fraction of sp³-hybridized carbons (Fsp3) is 0.0833. The van der Waals surface area contributed by atoms with Gasteiger partial charge in [0, 0.05) is 48.8 Å². The van der Waals surface area contributed by atoms with E-state index in [-0.39, 0.29) is 0 Å². The Morgan fingerprint density at radius 2 is 1.07 bits per heavy atom. The van der Waals surface area contributed by atoms with Gasteiger partial charge < -0.3 is 0 Å². The van der Waals surface area contributed by atoms with Crippen LogP contribution < -0.4 is 0 Å². The van der Waals surface area contributed by atoms with Crippen LogP contribution in [0.25, 0.3) is 52.6 Å². The summed E-state index contributed by atoms with van der Waals surface area (Å²) >= 11 is 9.99. The largest absolute Gasteiger partial charge is 0.192 e. The Kier molecular flexibility index (Phi) is 10.1. The Morgan fingerprint density at radius 1 is 0.600 bits per heavy atom. The van der Waals surface area contributed by atoms with E-state index in [0.717, 1.165) is 19.5 Å². The summed E-state index contributed by atoms with van der Waals surface area (Å²) in [5.74, 6) is 0. The van der Waals surface area contributed by atoms with Crippen LogP contribution in [0, 0.1) is 60.7 Å². The van der Waals surface area contributed by atoms with Gasteiger partial charge >= 0.3 is 0 Å². The summed E-state index contributed by atoms with van der Waals surface area (Å²) in [4.78, 5) is 13.0. The molecule has 0 radical (unpaired) electrons. The fourth-order valence-corrected chi connectivity index (χ4v) is 10.9. The summed E-state index contributed by atoms with van der Waals surface area (Å²) in [5.41, 5.74) is 4.21. The van der Waals surface area contributed by atoms with E-state index in [0.29, 0.717) is 10.5 Å². The topological polar surface area (TPSA) is 71.4 Å². The molecule has 0 N–H and O–H groups in total. The van der Waals surface area contributed by atoms with Crippen molar-refractivity contribution in [2.45, 2.75) is 20.8 Å². The summed E-state index contributed by atoms with van der Waals surface area (Å²) in [6.45, 7) is 6.39. The number of hydrogen-bond acceptors (Lipinski definition) is 9. The molecule has 6 heterocycles. The zero-order valence-electron chi connectivity index (χ0n) is 24.4. The average molecular weight is 690 g/mol. The number of aryl methyl sites for hydroxylation is 2. The third-order valence-corrected chi connectivity index (χ3v) is 13.9. The fourth-order valence-electron chi connectivity index (χ4n) is 4.57. The summed E-state index contributed by atoms with van der Waals surface area (Å²) in [6.07, 6.45) is 12.1. The number of thiophene rings is 6. The zero-order valence-corrected chi connectivity index (χ0v) is 29.3. The Morgan fingerprint density at radius 3 is 1.56 bits per heavy atom. The first kappa shape index (κ1) is 32.1. The summed E-state index contributed by atoms with van der Waals surface area (Å²) in [7, 11) is 0. The number of nitriles is 3. The highest BCUT2D eigenvalue weighted by molar-refractivity contribution is 7.28. The second-order valence-corrected chi connectivity index (χ2v) is 16.2. The normalized spacial score (nSPS) is 11.3. The molecular formula is C36H23N3S6. The Bertz CT molecular complexity index is 2210. The summed E-state index contributed by atoms with van der Waals surface area (Å²) in [5, 5.41) is 28.0. The van der Waals surface area contributed by atoms with E-state index in [1.165, 1.54) is 73.5 Å². The molecule has 6 rings (SSSR count). The second kappa shape index (κ2) is 14.2. The van der Waals surface area contributed by atoms with Crippen LogP contribution in [-0.2, 0) is 0 Å². The molecule has 0 aliphatic rings. The molecule has 0 atom stereocenters. The maximum absolute atomic E-state index is 9.75. The lowest BCUT2D eigenvalue weighted by Gasteiger charge is -1.96. The van der Waals surface area contributed by atoms with Crippen molar-refractivity contribution in [3.63, 3.8) is 0 Å². The van der Waals surface area contributed by atoms with Gasteiger partial charge in [-0.3, -0.25) is 0 Å². The van der Waals surface area contributed by atoms with Crippen LogP contribution >= 0.6 is 68.0 Å². The van der Waals surface area contributed by atoms with Crippen LogP contribution in [-0.4, -0.2) is 0 Å². The number of rotatable bonds is 7. The van der Waals surface area contributed by atoms with Crippen molar-refractivity contribution in [3.05, 3.63) is 101 Å². The minimum atomic E-state index is 0.578. The average Bonchev–Trinajstić information content (AvgIpc) is 3.89. The van der Waals surface area contributed by atoms with Gasteiger partial charge in [0.2, 0.25) is 0 Å². The van der Waals surface area contributed by atoms with Crippen LogP contribution in [0.4, 0.5) is 0 Å². The Hall–Kier alpha value is -4.29. The summed E-state index contributed by atoms with van der Waals surface area (Å²) < 4.78 is 0. The lowest BCUT2D eigenvalue weighted by atomic mass is 10.2. The highest BCUT2D eigenvalue weighted by Gasteiger charge is 2.15. The first-order valence-electron chi connectivity index (χ1n) is 13.4. The molecule has 0 fully saturated rings. The van der Waals surface area contributed by atoms with Gasteiger partial charge in [0.05, 0.1) is 5.57 Å². The molecule has 0 bridgehead atoms. The minimum Gasteiger partial charge on any atom is -0.192 e. The van der Waals surface area contributed by atoms with Gasteiger partial charge in [-0.25, -0.2) is 0 Å². The molecule has 0 aromatic carbocycles. The predicted molar refractivity (Wildman–Crippen MR) is 199 cm³/mol. The van der Waals surface area contributed by atoms with Crippen LogP contribution in [0.1, 0.15) is 47.3 Å². The van der Waals surface area contributed by atoms with Crippen molar-refractivity contribution < 1.29 is 0 Å². The molecule has 0 saturated carbocycles. The predicted octanol–water partition coefficient (Wildman–Crippen LogP) is 12.3. The van der Waals surface area contributed by atoms with Gasteiger partial charge in [-0.05, 0) is 110 Å². The van der Waals surface area contributed by atoms with Crippen LogP contribution in [0.2, 0.25) is 0 Å². The first-order valence-corrected chi connectivity index (χ1v) is 18.3. The van der Waals surface area contributed by atoms with Gasteiger partial charge in [0.1, 0.15) is 28.0 Å². The number of nitrogens with zero attached hydrogens (tertiary/aromatic N) is 3. The molecule has 0 aliphatic carbocycles. The van der Waals surface area contributed by atoms with Crippen LogP contribution in [0.5, 0.6) is 0 Å². The van der Waals surface area contributed by atoms with Gasteiger partial charge in [0.15, 0.2) is 0 Å². The SMILES string of the molecule is C#C.C/C(=C\c1cc(C)c(-c2ccc(-c3ccc(-c4sc(/C=C(\C#N)c5ccc(C#N)s5)cc4C)s3)s2)s1)c1ccc(C#N)s1. The van der Waals surface area contributed by atoms with Crippen molar-refractivity contribution >= 4 is 91.3 Å². The quantitative estimate of drug-likeness (QED) is 0.124. The van der Waals surface area contributed by atoms with Crippen molar-refractivity contribution in [2.24, 2.45) is 0 Å². The van der Waals surface area contributed by atoms with E-state index in [2.05, 4.69) is 94.3 Å². The zero-order chi connectivity index (χ0) is 32.1. The van der Waals surface area contributed by atoms with Gasteiger partial charge in [-0.2, -0.15) is 15.8 Å². The molecule has 3 nitrogen and oxygen atoms in total. The van der Waals surface area contributed by atoms with Crippen molar-refractivity contribution in [3.8, 4) is 60.3 Å². The van der Waals surface area contributed by atoms with Crippen LogP contribution in [0.3, 0.4) is 0 Å². The highest BCUT2D eigenvalue weighted by Crippen LogP contribution is 2.45. The van der Waals surface area contributed by atoms with Crippen LogP contribution in [0.15, 0.2) is 60.7 Å². The lowest BCUT2D eigenvalue weighted by Crippen LogP contribution is -1.73. The maximum Gasteiger partial charge on any atom is 0.110 e. The summed E-state index contributed by atoms with van der Waals surface area (Å²) in [6, 6.07) is 27.4.